The van der Waals surface area contributed by atoms with Crippen molar-refractivity contribution in [2.45, 2.75) is 42.8 Å². The number of carbonyl (C=O) groups is 1. The molecule has 5 heteroatoms. The minimum absolute atomic E-state index is 0.189. The van der Waals surface area contributed by atoms with E-state index in [2.05, 4.69) is 22.8 Å². The largest absolute Gasteiger partial charge is 0.380 e. The van der Waals surface area contributed by atoms with Crippen molar-refractivity contribution < 1.29 is 9.53 Å². The lowest BCUT2D eigenvalue weighted by atomic mass is 10.3. The average molecular weight is 308 g/mol. The number of hydrogen-bond donors (Lipinski definition) is 2. The molecule has 2 rings (SSSR count). The summed E-state index contributed by atoms with van der Waals surface area (Å²) in [6.07, 6.45) is 5.37. The standard InChI is InChI=1S/C16H24N2O2S/c1-2-20-12-11-17-16(19)18-13-7-9-15(10-8-13)21-14-5-3-4-6-14/h7-10,14H,2-6,11-12H2,1H3,(H2,17,18,19). The van der Waals surface area contributed by atoms with Crippen molar-refractivity contribution in [2.24, 2.45) is 0 Å². The van der Waals surface area contributed by atoms with Gasteiger partial charge in [0.2, 0.25) is 0 Å². The van der Waals surface area contributed by atoms with Crippen molar-refractivity contribution in [1.82, 2.24) is 5.32 Å². The van der Waals surface area contributed by atoms with Crippen LogP contribution in [0.15, 0.2) is 29.2 Å². The van der Waals surface area contributed by atoms with Crippen LogP contribution in [-0.2, 0) is 4.74 Å². The van der Waals surface area contributed by atoms with Gasteiger partial charge in [-0.25, -0.2) is 4.79 Å². The lowest BCUT2D eigenvalue weighted by Crippen LogP contribution is -2.31. The monoisotopic (exact) mass is 308 g/mol. The molecule has 0 atom stereocenters. The van der Waals surface area contributed by atoms with E-state index in [-0.39, 0.29) is 6.03 Å². The third-order valence-corrected chi connectivity index (χ3v) is 4.80. The van der Waals surface area contributed by atoms with Gasteiger partial charge in [0.05, 0.1) is 6.61 Å². The van der Waals surface area contributed by atoms with E-state index in [9.17, 15) is 4.79 Å². The number of anilines is 1. The number of benzene rings is 1. The van der Waals surface area contributed by atoms with Crippen LogP contribution in [-0.4, -0.2) is 31.0 Å². The zero-order chi connectivity index (χ0) is 14.9. The molecule has 2 N–H and O–H groups in total. The summed E-state index contributed by atoms with van der Waals surface area (Å²) in [6, 6.07) is 7.89. The molecular weight excluding hydrogens is 284 g/mol. The quantitative estimate of drug-likeness (QED) is 0.752. The van der Waals surface area contributed by atoms with Crippen LogP contribution in [0.2, 0.25) is 0 Å². The van der Waals surface area contributed by atoms with Crippen molar-refractivity contribution in [1.29, 1.82) is 0 Å². The van der Waals surface area contributed by atoms with E-state index in [0.717, 1.165) is 10.9 Å². The fourth-order valence-corrected chi connectivity index (χ4v) is 3.62. The molecule has 0 aliphatic heterocycles. The van der Waals surface area contributed by atoms with Crippen molar-refractivity contribution in [2.75, 3.05) is 25.1 Å². The van der Waals surface area contributed by atoms with Gasteiger partial charge in [0.15, 0.2) is 0 Å². The number of thioether (sulfide) groups is 1. The van der Waals surface area contributed by atoms with Gasteiger partial charge in [0, 0.05) is 29.0 Å². The summed E-state index contributed by atoms with van der Waals surface area (Å²) in [4.78, 5) is 12.9. The van der Waals surface area contributed by atoms with Gasteiger partial charge in [-0.2, -0.15) is 0 Å². The van der Waals surface area contributed by atoms with Gasteiger partial charge >= 0.3 is 6.03 Å². The maximum absolute atomic E-state index is 11.7. The molecular formula is C16H24N2O2S. The predicted octanol–water partition coefficient (Wildman–Crippen LogP) is 3.88. The molecule has 4 nitrogen and oxygen atoms in total. The Hall–Kier alpha value is -1.20. The third kappa shape index (κ3) is 5.98. The average Bonchev–Trinajstić information content (AvgIpc) is 2.99. The molecule has 1 aromatic rings. The Morgan fingerprint density at radius 2 is 2.00 bits per heavy atom. The van der Waals surface area contributed by atoms with E-state index < -0.39 is 0 Å². The van der Waals surface area contributed by atoms with Crippen LogP contribution >= 0.6 is 11.8 Å². The molecule has 0 aromatic heterocycles. The Balaban J connectivity index is 1.72. The van der Waals surface area contributed by atoms with E-state index in [1.165, 1.54) is 30.6 Å². The highest BCUT2D eigenvalue weighted by Crippen LogP contribution is 2.34. The lowest BCUT2D eigenvalue weighted by molar-refractivity contribution is 0.150. The van der Waals surface area contributed by atoms with E-state index in [0.29, 0.717) is 19.8 Å². The molecule has 0 unspecified atom stereocenters. The SMILES string of the molecule is CCOCCNC(=O)Nc1ccc(SC2CCCC2)cc1. The number of ether oxygens (including phenoxy) is 1. The predicted molar refractivity (Wildman–Crippen MR) is 88.1 cm³/mol. The van der Waals surface area contributed by atoms with Crippen LogP contribution in [0, 0.1) is 0 Å². The van der Waals surface area contributed by atoms with E-state index in [1.54, 1.807) is 0 Å². The fraction of sp³-hybridized carbons (Fsp3) is 0.562. The maximum atomic E-state index is 11.7. The molecule has 1 aliphatic rings. The molecule has 116 valence electrons. The molecule has 1 saturated carbocycles. The van der Waals surface area contributed by atoms with E-state index in [1.807, 2.05) is 30.8 Å². The van der Waals surface area contributed by atoms with Crippen molar-refractivity contribution in [3.63, 3.8) is 0 Å². The van der Waals surface area contributed by atoms with Gasteiger partial charge in [-0.3, -0.25) is 0 Å². The summed E-state index contributed by atoms with van der Waals surface area (Å²) < 4.78 is 5.17. The van der Waals surface area contributed by atoms with Gasteiger partial charge in [0.1, 0.15) is 0 Å². The molecule has 0 saturated heterocycles. The molecule has 1 aliphatic carbocycles. The molecule has 0 heterocycles. The normalized spacial score (nSPS) is 15.1. The summed E-state index contributed by atoms with van der Waals surface area (Å²) in [7, 11) is 0. The van der Waals surface area contributed by atoms with Crippen LogP contribution in [0.1, 0.15) is 32.6 Å². The number of rotatable bonds is 7. The van der Waals surface area contributed by atoms with Crippen LogP contribution in [0.25, 0.3) is 0 Å². The Kier molecular flexibility index (Phi) is 6.89. The highest BCUT2D eigenvalue weighted by Gasteiger charge is 2.15. The number of carbonyl (C=O) groups excluding carboxylic acids is 1. The van der Waals surface area contributed by atoms with Gasteiger partial charge < -0.3 is 15.4 Å². The summed E-state index contributed by atoms with van der Waals surface area (Å²) in [5.41, 5.74) is 0.819. The van der Waals surface area contributed by atoms with E-state index in [4.69, 9.17) is 4.74 Å². The highest BCUT2D eigenvalue weighted by atomic mass is 32.2. The topological polar surface area (TPSA) is 50.4 Å². The maximum Gasteiger partial charge on any atom is 0.319 e. The molecule has 1 fully saturated rings. The second kappa shape index (κ2) is 8.95. The smallest absolute Gasteiger partial charge is 0.319 e. The molecule has 2 amide bonds. The van der Waals surface area contributed by atoms with Crippen molar-refractivity contribution in [3.8, 4) is 0 Å². The summed E-state index contributed by atoms with van der Waals surface area (Å²) >= 11 is 1.95. The van der Waals surface area contributed by atoms with Crippen LogP contribution in [0.4, 0.5) is 10.5 Å². The zero-order valence-corrected chi connectivity index (χ0v) is 13.4. The second-order valence-electron chi connectivity index (χ2n) is 5.13. The van der Waals surface area contributed by atoms with Gasteiger partial charge in [-0.1, -0.05) is 12.8 Å². The van der Waals surface area contributed by atoms with Crippen LogP contribution in [0.3, 0.4) is 0 Å². The minimum Gasteiger partial charge on any atom is -0.380 e. The number of nitrogens with one attached hydrogen (secondary N) is 2. The first-order valence-corrected chi connectivity index (χ1v) is 8.55. The Morgan fingerprint density at radius 1 is 1.29 bits per heavy atom. The fourth-order valence-electron chi connectivity index (χ4n) is 2.37. The number of urea groups is 1. The van der Waals surface area contributed by atoms with Crippen LogP contribution in [0.5, 0.6) is 0 Å². The van der Waals surface area contributed by atoms with Gasteiger partial charge in [-0.05, 0) is 44.0 Å². The summed E-state index contributed by atoms with van der Waals surface area (Å²) in [6.45, 7) is 3.67. The van der Waals surface area contributed by atoms with Gasteiger partial charge in [0.25, 0.3) is 0 Å². The van der Waals surface area contributed by atoms with E-state index >= 15 is 0 Å². The first-order valence-electron chi connectivity index (χ1n) is 7.67. The first-order chi connectivity index (χ1) is 10.3. The molecule has 1 aromatic carbocycles. The summed E-state index contributed by atoms with van der Waals surface area (Å²) in [5.74, 6) is 0. The molecule has 0 spiro atoms. The van der Waals surface area contributed by atoms with Gasteiger partial charge in [-0.15, -0.1) is 11.8 Å². The summed E-state index contributed by atoms with van der Waals surface area (Å²) in [5, 5.41) is 6.35. The third-order valence-electron chi connectivity index (χ3n) is 3.45. The van der Waals surface area contributed by atoms with Crippen molar-refractivity contribution in [3.05, 3.63) is 24.3 Å². The van der Waals surface area contributed by atoms with Crippen molar-refractivity contribution >= 4 is 23.5 Å². The zero-order valence-electron chi connectivity index (χ0n) is 12.6. The number of hydrogen-bond acceptors (Lipinski definition) is 3. The molecule has 0 radical (unpaired) electrons. The molecule has 21 heavy (non-hydrogen) atoms. The first kappa shape index (κ1) is 16.2. The highest BCUT2D eigenvalue weighted by molar-refractivity contribution is 8.00. The van der Waals surface area contributed by atoms with Crippen LogP contribution < -0.4 is 10.6 Å². The Bertz CT molecular complexity index is 430. The number of amides is 2. The Labute approximate surface area is 131 Å². The molecule has 0 bridgehead atoms. The Morgan fingerprint density at radius 3 is 2.67 bits per heavy atom. The second-order valence-corrected chi connectivity index (χ2v) is 6.50. The minimum atomic E-state index is -0.189. The lowest BCUT2D eigenvalue weighted by Gasteiger charge is -2.10.